The predicted molar refractivity (Wildman–Crippen MR) is 76.3 cm³/mol. The molecule has 0 aliphatic rings. The smallest absolute Gasteiger partial charge is 0.326 e. The van der Waals surface area contributed by atoms with E-state index >= 15 is 0 Å². The van der Waals surface area contributed by atoms with E-state index < -0.39 is 17.9 Å². The Morgan fingerprint density at radius 1 is 1.40 bits per heavy atom. The van der Waals surface area contributed by atoms with Crippen LogP contribution in [0.1, 0.15) is 30.6 Å². The van der Waals surface area contributed by atoms with Crippen molar-refractivity contribution < 1.29 is 19.4 Å². The van der Waals surface area contributed by atoms with E-state index in [1.54, 1.807) is 12.1 Å². The first-order valence-electron chi connectivity index (χ1n) is 6.22. The molecule has 1 amide bonds. The number of aliphatic carboxylic acids is 1. The number of hydrogen-bond acceptors (Lipinski definition) is 3. The van der Waals surface area contributed by atoms with E-state index in [1.165, 1.54) is 13.2 Å². The van der Waals surface area contributed by atoms with Gasteiger partial charge >= 0.3 is 5.97 Å². The van der Waals surface area contributed by atoms with Crippen LogP contribution in [0.2, 0.25) is 5.02 Å². The van der Waals surface area contributed by atoms with Gasteiger partial charge in [0.15, 0.2) is 0 Å². The highest BCUT2D eigenvalue weighted by Crippen LogP contribution is 2.22. The molecule has 1 rings (SSSR count). The maximum absolute atomic E-state index is 12.2. The van der Waals surface area contributed by atoms with Gasteiger partial charge in [0.05, 0.1) is 12.7 Å². The molecule has 110 valence electrons. The Morgan fingerprint density at radius 2 is 2.05 bits per heavy atom. The predicted octanol–water partition coefficient (Wildman–Crippen LogP) is 2.58. The molecule has 0 spiro atoms. The quantitative estimate of drug-likeness (QED) is 0.846. The Labute approximate surface area is 122 Å². The van der Waals surface area contributed by atoms with Crippen LogP contribution in [0.15, 0.2) is 18.2 Å². The lowest BCUT2D eigenvalue weighted by molar-refractivity contribution is -0.139. The number of nitrogens with one attached hydrogen (secondary N) is 1. The summed E-state index contributed by atoms with van der Waals surface area (Å²) < 4.78 is 5.08. The molecule has 0 aliphatic heterocycles. The van der Waals surface area contributed by atoms with E-state index in [1.807, 2.05) is 13.8 Å². The third-order valence-corrected chi connectivity index (χ3v) is 2.95. The summed E-state index contributed by atoms with van der Waals surface area (Å²) in [5.74, 6) is -1.08. The summed E-state index contributed by atoms with van der Waals surface area (Å²) in [6.45, 7) is 3.78. The number of carbonyl (C=O) groups is 2. The topological polar surface area (TPSA) is 75.6 Å². The average molecular weight is 300 g/mol. The molecule has 5 nitrogen and oxygen atoms in total. The Hall–Kier alpha value is -1.75. The standard InChI is InChI=1S/C14H18ClNO4/c1-8(2)6-11(14(18)19)16-13(17)10-7-9(15)4-5-12(10)20-3/h4-5,7-8,11H,6H2,1-3H3,(H,16,17)(H,18,19). The molecule has 0 saturated carbocycles. The van der Waals surface area contributed by atoms with Crippen LogP contribution in [0.4, 0.5) is 0 Å². The summed E-state index contributed by atoms with van der Waals surface area (Å²) >= 11 is 5.85. The largest absolute Gasteiger partial charge is 0.496 e. The summed E-state index contributed by atoms with van der Waals surface area (Å²) in [7, 11) is 1.43. The molecule has 0 bridgehead atoms. The minimum atomic E-state index is -1.06. The van der Waals surface area contributed by atoms with Crippen LogP contribution in [0.5, 0.6) is 5.75 Å². The van der Waals surface area contributed by atoms with E-state index in [-0.39, 0.29) is 11.5 Å². The number of rotatable bonds is 6. The Morgan fingerprint density at radius 3 is 2.55 bits per heavy atom. The van der Waals surface area contributed by atoms with E-state index in [9.17, 15) is 9.59 Å². The molecule has 0 radical (unpaired) electrons. The molecule has 0 saturated heterocycles. The lowest BCUT2D eigenvalue weighted by Crippen LogP contribution is -2.41. The fourth-order valence-electron chi connectivity index (χ4n) is 1.79. The van der Waals surface area contributed by atoms with Crippen LogP contribution in [0.25, 0.3) is 0 Å². The highest BCUT2D eigenvalue weighted by molar-refractivity contribution is 6.31. The Bertz CT molecular complexity index is 502. The molecule has 1 atom stereocenters. The van der Waals surface area contributed by atoms with Gasteiger partial charge in [-0.15, -0.1) is 0 Å². The van der Waals surface area contributed by atoms with Crippen molar-refractivity contribution in [1.82, 2.24) is 5.32 Å². The lowest BCUT2D eigenvalue weighted by atomic mass is 10.0. The van der Waals surface area contributed by atoms with E-state index in [4.69, 9.17) is 21.4 Å². The second-order valence-electron chi connectivity index (χ2n) is 4.84. The van der Waals surface area contributed by atoms with Crippen molar-refractivity contribution >= 4 is 23.5 Å². The number of carboxylic acid groups (broad SMARTS) is 1. The molecule has 0 fully saturated rings. The zero-order chi connectivity index (χ0) is 15.3. The van der Waals surface area contributed by atoms with Crippen LogP contribution in [0, 0.1) is 5.92 Å². The first kappa shape index (κ1) is 16.3. The fourth-order valence-corrected chi connectivity index (χ4v) is 1.96. The number of halogens is 1. The molecule has 0 aromatic heterocycles. The SMILES string of the molecule is COc1ccc(Cl)cc1C(=O)NC(CC(C)C)C(=O)O. The zero-order valence-electron chi connectivity index (χ0n) is 11.6. The first-order valence-corrected chi connectivity index (χ1v) is 6.60. The van der Waals surface area contributed by atoms with Crippen LogP contribution in [-0.2, 0) is 4.79 Å². The van der Waals surface area contributed by atoms with Gasteiger partial charge in [0.25, 0.3) is 5.91 Å². The van der Waals surface area contributed by atoms with Gasteiger partial charge in [-0.05, 0) is 30.5 Å². The van der Waals surface area contributed by atoms with E-state index in [0.717, 1.165) is 0 Å². The van der Waals surface area contributed by atoms with Gasteiger partial charge in [0.2, 0.25) is 0 Å². The minimum Gasteiger partial charge on any atom is -0.496 e. The van der Waals surface area contributed by atoms with Crippen molar-refractivity contribution in [3.63, 3.8) is 0 Å². The van der Waals surface area contributed by atoms with Gasteiger partial charge in [-0.2, -0.15) is 0 Å². The molecule has 6 heteroatoms. The second-order valence-corrected chi connectivity index (χ2v) is 5.27. The zero-order valence-corrected chi connectivity index (χ0v) is 12.4. The van der Waals surface area contributed by atoms with Crippen molar-refractivity contribution in [2.45, 2.75) is 26.3 Å². The molecule has 1 aromatic carbocycles. The van der Waals surface area contributed by atoms with Gasteiger partial charge < -0.3 is 15.2 Å². The number of carbonyl (C=O) groups excluding carboxylic acids is 1. The number of hydrogen-bond donors (Lipinski definition) is 2. The molecule has 20 heavy (non-hydrogen) atoms. The monoisotopic (exact) mass is 299 g/mol. The maximum Gasteiger partial charge on any atom is 0.326 e. The molecule has 0 aliphatic carbocycles. The summed E-state index contributed by atoms with van der Waals surface area (Å²) in [6, 6.07) is 3.67. The summed E-state index contributed by atoms with van der Waals surface area (Å²) in [5.41, 5.74) is 0.218. The molecular formula is C14H18ClNO4. The van der Waals surface area contributed by atoms with Crippen LogP contribution in [0.3, 0.4) is 0 Å². The minimum absolute atomic E-state index is 0.151. The van der Waals surface area contributed by atoms with Gasteiger partial charge in [-0.3, -0.25) is 4.79 Å². The number of amides is 1. The van der Waals surface area contributed by atoms with Gasteiger partial charge in [0.1, 0.15) is 11.8 Å². The van der Waals surface area contributed by atoms with Crippen LogP contribution < -0.4 is 10.1 Å². The van der Waals surface area contributed by atoms with Crippen molar-refractivity contribution in [2.75, 3.05) is 7.11 Å². The normalized spacial score (nSPS) is 12.1. The summed E-state index contributed by atoms with van der Waals surface area (Å²) in [5, 5.41) is 12.0. The third kappa shape index (κ3) is 4.42. The van der Waals surface area contributed by atoms with Crippen LogP contribution >= 0.6 is 11.6 Å². The molecule has 0 heterocycles. The second kappa shape index (κ2) is 7.14. The van der Waals surface area contributed by atoms with E-state index in [2.05, 4.69) is 5.32 Å². The van der Waals surface area contributed by atoms with E-state index in [0.29, 0.717) is 17.2 Å². The van der Waals surface area contributed by atoms with Gasteiger partial charge in [0, 0.05) is 5.02 Å². The third-order valence-electron chi connectivity index (χ3n) is 2.72. The average Bonchev–Trinajstić information content (AvgIpc) is 2.37. The molecule has 1 unspecified atom stereocenters. The Kier molecular flexibility index (Phi) is 5.82. The number of benzene rings is 1. The van der Waals surface area contributed by atoms with Crippen molar-refractivity contribution in [2.24, 2.45) is 5.92 Å². The molecular weight excluding hydrogens is 282 g/mol. The highest BCUT2D eigenvalue weighted by atomic mass is 35.5. The van der Waals surface area contributed by atoms with Gasteiger partial charge in [-0.1, -0.05) is 25.4 Å². The number of carboxylic acids is 1. The van der Waals surface area contributed by atoms with Crippen molar-refractivity contribution in [1.29, 1.82) is 0 Å². The molecule has 1 aromatic rings. The number of ether oxygens (including phenoxy) is 1. The first-order chi connectivity index (χ1) is 9.35. The molecule has 2 N–H and O–H groups in total. The fraction of sp³-hybridized carbons (Fsp3) is 0.429. The Balaban J connectivity index is 2.94. The summed E-state index contributed by atoms with van der Waals surface area (Å²) in [4.78, 5) is 23.3. The number of methoxy groups -OCH3 is 1. The van der Waals surface area contributed by atoms with Gasteiger partial charge in [-0.25, -0.2) is 4.79 Å². The summed E-state index contributed by atoms with van der Waals surface area (Å²) in [6.07, 6.45) is 0.351. The van der Waals surface area contributed by atoms with Crippen LogP contribution in [-0.4, -0.2) is 30.1 Å². The maximum atomic E-state index is 12.2. The van der Waals surface area contributed by atoms with Crippen molar-refractivity contribution in [3.05, 3.63) is 28.8 Å². The highest BCUT2D eigenvalue weighted by Gasteiger charge is 2.23. The van der Waals surface area contributed by atoms with Crippen molar-refractivity contribution in [3.8, 4) is 5.75 Å². The lowest BCUT2D eigenvalue weighted by Gasteiger charge is -2.17.